The number of benzene rings is 1. The molecule has 0 heterocycles. The summed E-state index contributed by atoms with van der Waals surface area (Å²) in [4.78, 5) is 4.80. The lowest BCUT2D eigenvalue weighted by Gasteiger charge is -2.06. The van der Waals surface area contributed by atoms with Crippen LogP contribution in [0.1, 0.15) is 31.2 Å². The van der Waals surface area contributed by atoms with E-state index < -0.39 is 0 Å². The number of hydrogen-bond donors (Lipinski definition) is 0. The van der Waals surface area contributed by atoms with Gasteiger partial charge in [-0.15, -0.1) is 0 Å². The highest BCUT2D eigenvalue weighted by Gasteiger charge is 2.44. The van der Waals surface area contributed by atoms with Crippen molar-refractivity contribution in [1.29, 1.82) is 0 Å². The molecule has 2 atom stereocenters. The molecule has 0 saturated heterocycles. The summed E-state index contributed by atoms with van der Waals surface area (Å²) in [6, 6.07) is 4.81. The smallest absolute Gasteiger partial charge is 0.128 e. The molecule has 0 N–H and O–H groups in total. The molecule has 1 aromatic rings. The Bertz CT molecular complexity index is 427. The van der Waals surface area contributed by atoms with Crippen LogP contribution in [-0.4, -0.2) is 12.8 Å². The van der Waals surface area contributed by atoms with E-state index in [1.54, 1.807) is 12.1 Å². The van der Waals surface area contributed by atoms with Gasteiger partial charge in [-0.1, -0.05) is 29.7 Å². The third-order valence-corrected chi connectivity index (χ3v) is 3.49. The van der Waals surface area contributed by atoms with Gasteiger partial charge >= 0.3 is 0 Å². The molecule has 1 aliphatic rings. The summed E-state index contributed by atoms with van der Waals surface area (Å²) in [5.41, 5.74) is 1.60. The lowest BCUT2D eigenvalue weighted by molar-refractivity contribution is 0.211. The van der Waals surface area contributed by atoms with Crippen molar-refractivity contribution >= 4 is 17.3 Å². The average molecular weight is 256 g/mol. The quantitative estimate of drug-likeness (QED) is 0.589. The van der Waals surface area contributed by atoms with Gasteiger partial charge in [-0.2, -0.15) is 0 Å². The van der Waals surface area contributed by atoms with E-state index in [9.17, 15) is 4.39 Å². The zero-order chi connectivity index (χ0) is 12.4. The molecule has 1 aliphatic carbocycles. The van der Waals surface area contributed by atoms with Gasteiger partial charge in [0.15, 0.2) is 0 Å². The van der Waals surface area contributed by atoms with E-state index in [4.69, 9.17) is 16.4 Å². The first-order valence-corrected chi connectivity index (χ1v) is 6.10. The van der Waals surface area contributed by atoms with E-state index in [0.29, 0.717) is 10.6 Å². The van der Waals surface area contributed by atoms with Crippen LogP contribution in [0.25, 0.3) is 0 Å². The van der Waals surface area contributed by atoms with Crippen LogP contribution in [0, 0.1) is 11.7 Å². The van der Waals surface area contributed by atoms with Crippen molar-refractivity contribution in [3.63, 3.8) is 0 Å². The molecule has 0 radical (unpaired) electrons. The summed E-state index contributed by atoms with van der Waals surface area (Å²) in [5, 5.41) is 4.50. The third-order valence-electron chi connectivity index (χ3n) is 3.16. The fourth-order valence-electron chi connectivity index (χ4n) is 2.26. The highest BCUT2D eigenvalue weighted by atomic mass is 35.5. The topological polar surface area (TPSA) is 21.6 Å². The summed E-state index contributed by atoms with van der Waals surface area (Å²) in [6.45, 7) is 2.02. The molecule has 92 valence electrons. The molecule has 2 unspecified atom stereocenters. The molecular weight excluding hydrogens is 241 g/mol. The zero-order valence-electron chi connectivity index (χ0n) is 9.91. The predicted octanol–water partition coefficient (Wildman–Crippen LogP) is 4.00. The Labute approximate surface area is 105 Å². The zero-order valence-corrected chi connectivity index (χ0v) is 10.7. The predicted molar refractivity (Wildman–Crippen MR) is 67.0 cm³/mol. The minimum atomic E-state index is -0.224. The van der Waals surface area contributed by atoms with Crippen molar-refractivity contribution in [1.82, 2.24) is 0 Å². The highest BCUT2D eigenvalue weighted by molar-refractivity contribution is 6.31. The number of halogens is 2. The molecule has 1 saturated carbocycles. The molecule has 0 aliphatic heterocycles. The number of oxime groups is 1. The Morgan fingerprint density at radius 2 is 2.35 bits per heavy atom. The van der Waals surface area contributed by atoms with Gasteiger partial charge in [-0.05, 0) is 30.9 Å². The van der Waals surface area contributed by atoms with E-state index >= 15 is 0 Å². The van der Waals surface area contributed by atoms with Crippen molar-refractivity contribution < 1.29 is 9.23 Å². The van der Waals surface area contributed by atoms with Gasteiger partial charge in [-0.25, -0.2) is 4.39 Å². The van der Waals surface area contributed by atoms with Crippen LogP contribution in [0.2, 0.25) is 5.02 Å². The van der Waals surface area contributed by atoms with Gasteiger partial charge in [0.1, 0.15) is 12.9 Å². The van der Waals surface area contributed by atoms with Crippen molar-refractivity contribution in [3.05, 3.63) is 34.6 Å². The standard InChI is InChI=1S/C13H15ClFNO/c1-3-12(16-17-2)8-7-9(8)13-10(14)5-4-6-11(13)15/h4-6,8-9H,3,7H2,1-2H3. The fraction of sp³-hybridized carbons (Fsp3) is 0.462. The largest absolute Gasteiger partial charge is 0.399 e. The van der Waals surface area contributed by atoms with Gasteiger partial charge in [0.25, 0.3) is 0 Å². The average Bonchev–Trinajstić information content (AvgIpc) is 3.06. The monoisotopic (exact) mass is 255 g/mol. The first kappa shape index (κ1) is 12.4. The fourth-order valence-corrected chi connectivity index (χ4v) is 2.56. The summed E-state index contributed by atoms with van der Waals surface area (Å²) < 4.78 is 13.7. The molecule has 0 amide bonds. The Morgan fingerprint density at radius 1 is 1.59 bits per heavy atom. The highest BCUT2D eigenvalue weighted by Crippen LogP contribution is 2.51. The van der Waals surface area contributed by atoms with Crippen LogP contribution < -0.4 is 0 Å². The molecule has 1 fully saturated rings. The maximum absolute atomic E-state index is 13.7. The van der Waals surface area contributed by atoms with Gasteiger partial charge in [0, 0.05) is 16.5 Å². The molecular formula is C13H15ClFNO. The summed E-state index contributed by atoms with van der Waals surface area (Å²) in [6.07, 6.45) is 1.72. The van der Waals surface area contributed by atoms with E-state index in [0.717, 1.165) is 18.6 Å². The minimum absolute atomic E-state index is 0.151. The van der Waals surface area contributed by atoms with E-state index in [1.807, 2.05) is 6.92 Å². The van der Waals surface area contributed by atoms with Crippen molar-refractivity contribution in [2.75, 3.05) is 7.11 Å². The van der Waals surface area contributed by atoms with Crippen molar-refractivity contribution in [2.45, 2.75) is 25.7 Å². The SMILES string of the molecule is CCC(=NOC)C1CC1c1c(F)cccc1Cl. The molecule has 2 rings (SSSR count). The molecule has 17 heavy (non-hydrogen) atoms. The Hall–Kier alpha value is -1.09. The molecule has 0 aromatic heterocycles. The van der Waals surface area contributed by atoms with Crippen LogP contribution in [0.5, 0.6) is 0 Å². The van der Waals surface area contributed by atoms with E-state index in [2.05, 4.69) is 5.16 Å². The molecule has 0 bridgehead atoms. The summed E-state index contributed by atoms with van der Waals surface area (Å²) in [7, 11) is 1.53. The first-order chi connectivity index (χ1) is 8.19. The molecule has 1 aromatic carbocycles. The van der Waals surface area contributed by atoms with Crippen LogP contribution in [-0.2, 0) is 4.84 Å². The second kappa shape index (κ2) is 5.05. The van der Waals surface area contributed by atoms with Crippen LogP contribution in [0.4, 0.5) is 4.39 Å². The third kappa shape index (κ3) is 2.44. The molecule has 4 heteroatoms. The second-order valence-corrected chi connectivity index (χ2v) is 4.61. The molecule has 2 nitrogen and oxygen atoms in total. The Balaban J connectivity index is 2.20. The number of hydrogen-bond acceptors (Lipinski definition) is 2. The van der Waals surface area contributed by atoms with Crippen LogP contribution in [0.15, 0.2) is 23.4 Å². The number of nitrogens with zero attached hydrogens (tertiary/aromatic N) is 1. The van der Waals surface area contributed by atoms with Crippen LogP contribution in [0.3, 0.4) is 0 Å². The van der Waals surface area contributed by atoms with Gasteiger partial charge in [0.2, 0.25) is 0 Å². The first-order valence-electron chi connectivity index (χ1n) is 5.72. The summed E-state index contributed by atoms with van der Waals surface area (Å²) in [5.74, 6) is 0.199. The van der Waals surface area contributed by atoms with Crippen molar-refractivity contribution in [3.8, 4) is 0 Å². The van der Waals surface area contributed by atoms with Crippen LogP contribution >= 0.6 is 11.6 Å². The lowest BCUT2D eigenvalue weighted by atomic mass is 10.1. The summed E-state index contributed by atoms with van der Waals surface area (Å²) >= 11 is 6.04. The maximum Gasteiger partial charge on any atom is 0.128 e. The Morgan fingerprint density at radius 3 is 2.94 bits per heavy atom. The Kier molecular flexibility index (Phi) is 3.67. The van der Waals surface area contributed by atoms with Gasteiger partial charge < -0.3 is 4.84 Å². The van der Waals surface area contributed by atoms with Crippen molar-refractivity contribution in [2.24, 2.45) is 11.1 Å². The molecule has 0 spiro atoms. The van der Waals surface area contributed by atoms with E-state index in [1.165, 1.54) is 13.2 Å². The number of rotatable bonds is 4. The van der Waals surface area contributed by atoms with Gasteiger partial charge in [-0.3, -0.25) is 0 Å². The second-order valence-electron chi connectivity index (χ2n) is 4.20. The van der Waals surface area contributed by atoms with E-state index in [-0.39, 0.29) is 17.7 Å². The normalized spacial score (nSPS) is 23.6. The van der Waals surface area contributed by atoms with Gasteiger partial charge in [0.05, 0.1) is 5.71 Å². The lowest BCUT2D eigenvalue weighted by Crippen LogP contribution is -2.02. The maximum atomic E-state index is 13.7. The minimum Gasteiger partial charge on any atom is -0.399 e.